The van der Waals surface area contributed by atoms with E-state index >= 15 is 0 Å². The van der Waals surface area contributed by atoms with Crippen molar-refractivity contribution in [2.75, 3.05) is 13.2 Å². The lowest BCUT2D eigenvalue weighted by atomic mass is 9.87. The molecule has 1 heterocycles. The fraction of sp³-hybridized carbons (Fsp3) is 0.647. The number of hydrogen-bond acceptors (Lipinski definition) is 2. The number of benzene rings is 1. The largest absolute Gasteiger partial charge is 0.378 e. The van der Waals surface area contributed by atoms with Crippen LogP contribution < -0.4 is 5.32 Å². The summed E-state index contributed by atoms with van der Waals surface area (Å²) in [4.78, 5) is 0. The molecule has 1 aromatic carbocycles. The molecule has 0 aromatic heterocycles. The van der Waals surface area contributed by atoms with Crippen LogP contribution >= 0.6 is 11.6 Å². The molecule has 1 aliphatic heterocycles. The lowest BCUT2D eigenvalue weighted by Gasteiger charge is -2.26. The first-order valence-electron chi connectivity index (χ1n) is 7.64. The minimum Gasteiger partial charge on any atom is -0.378 e. The van der Waals surface area contributed by atoms with Crippen LogP contribution in [0.1, 0.15) is 49.4 Å². The highest BCUT2D eigenvalue weighted by molar-refractivity contribution is 6.31. The Morgan fingerprint density at radius 3 is 2.70 bits per heavy atom. The molecule has 3 atom stereocenters. The van der Waals surface area contributed by atoms with Crippen LogP contribution in [-0.4, -0.2) is 19.3 Å². The van der Waals surface area contributed by atoms with Gasteiger partial charge in [0.2, 0.25) is 0 Å². The molecule has 0 amide bonds. The minimum absolute atomic E-state index is 0.371. The Morgan fingerprint density at radius 2 is 2.10 bits per heavy atom. The molecule has 1 N–H and O–H groups in total. The van der Waals surface area contributed by atoms with Crippen LogP contribution in [-0.2, 0) is 4.74 Å². The second-order valence-corrected chi connectivity index (χ2v) is 6.44. The molecule has 20 heavy (non-hydrogen) atoms. The van der Waals surface area contributed by atoms with Gasteiger partial charge >= 0.3 is 0 Å². The normalized spacial score (nSPS) is 24.1. The topological polar surface area (TPSA) is 21.3 Å². The van der Waals surface area contributed by atoms with Gasteiger partial charge in [-0.2, -0.15) is 0 Å². The zero-order valence-electron chi connectivity index (χ0n) is 13.0. The summed E-state index contributed by atoms with van der Waals surface area (Å²) >= 11 is 6.23. The van der Waals surface area contributed by atoms with Crippen LogP contribution in [0.25, 0.3) is 0 Å². The van der Waals surface area contributed by atoms with Gasteiger partial charge in [0.05, 0.1) is 12.7 Å². The molecule has 0 spiro atoms. The third-order valence-electron chi connectivity index (χ3n) is 4.20. The van der Waals surface area contributed by atoms with E-state index < -0.39 is 0 Å². The van der Waals surface area contributed by atoms with Crippen LogP contribution in [0.2, 0.25) is 5.02 Å². The monoisotopic (exact) mass is 295 g/mol. The zero-order valence-corrected chi connectivity index (χ0v) is 13.8. The van der Waals surface area contributed by atoms with E-state index in [9.17, 15) is 0 Å². The fourth-order valence-electron chi connectivity index (χ4n) is 3.05. The lowest BCUT2D eigenvalue weighted by Crippen LogP contribution is -2.30. The summed E-state index contributed by atoms with van der Waals surface area (Å²) in [7, 11) is 0. The van der Waals surface area contributed by atoms with Crippen molar-refractivity contribution in [3.05, 3.63) is 33.8 Å². The maximum atomic E-state index is 6.23. The quantitative estimate of drug-likeness (QED) is 0.868. The number of halogens is 1. The van der Waals surface area contributed by atoms with Crippen molar-refractivity contribution < 1.29 is 4.74 Å². The van der Waals surface area contributed by atoms with E-state index in [2.05, 4.69) is 45.1 Å². The van der Waals surface area contributed by atoms with Gasteiger partial charge in [0.15, 0.2) is 0 Å². The van der Waals surface area contributed by atoms with Crippen molar-refractivity contribution in [2.24, 2.45) is 5.92 Å². The van der Waals surface area contributed by atoms with Crippen LogP contribution in [0, 0.1) is 19.8 Å². The molecule has 3 unspecified atom stereocenters. The number of nitrogens with one attached hydrogen (secondary N) is 1. The molecule has 1 aliphatic rings. The third-order valence-corrected chi connectivity index (χ3v) is 4.60. The van der Waals surface area contributed by atoms with Crippen molar-refractivity contribution in [1.29, 1.82) is 0 Å². The number of hydrogen-bond donors (Lipinski definition) is 1. The maximum Gasteiger partial charge on any atom is 0.0551 e. The maximum absolute atomic E-state index is 6.23. The first-order valence-corrected chi connectivity index (χ1v) is 8.02. The average Bonchev–Trinajstić information content (AvgIpc) is 2.82. The second kappa shape index (κ2) is 6.93. The van der Waals surface area contributed by atoms with E-state index in [1.165, 1.54) is 11.1 Å². The third kappa shape index (κ3) is 3.55. The fourth-order valence-corrected chi connectivity index (χ4v) is 3.27. The molecule has 3 heteroatoms. The van der Waals surface area contributed by atoms with E-state index in [0.717, 1.165) is 36.6 Å². The van der Waals surface area contributed by atoms with Gasteiger partial charge in [-0.15, -0.1) is 0 Å². The Hall–Kier alpha value is -0.570. The van der Waals surface area contributed by atoms with E-state index in [4.69, 9.17) is 16.3 Å². The van der Waals surface area contributed by atoms with Gasteiger partial charge < -0.3 is 10.1 Å². The van der Waals surface area contributed by atoms with Gasteiger partial charge in [-0.05, 0) is 62.9 Å². The molecule has 1 fully saturated rings. The highest BCUT2D eigenvalue weighted by Crippen LogP contribution is 2.35. The molecule has 0 radical (unpaired) electrons. The molecular formula is C17H26ClNO. The Bertz CT molecular complexity index is 461. The van der Waals surface area contributed by atoms with E-state index in [0.29, 0.717) is 18.1 Å². The first kappa shape index (κ1) is 15.8. The highest BCUT2D eigenvalue weighted by Gasteiger charge is 2.31. The standard InChI is InChI=1S/C17H26ClNO/c1-5-6-19-17(14-9-13(4)20-10-14)15-7-12(3)16(18)8-11(15)2/h7-8,13-14,17,19H,5-6,9-10H2,1-4H3. The molecule has 1 aromatic rings. The van der Waals surface area contributed by atoms with Gasteiger partial charge in [-0.3, -0.25) is 0 Å². The Kier molecular flexibility index (Phi) is 5.48. The molecule has 0 aliphatic carbocycles. The van der Waals surface area contributed by atoms with Crippen molar-refractivity contribution >= 4 is 11.6 Å². The Labute approximate surface area is 127 Å². The van der Waals surface area contributed by atoms with Crippen LogP contribution in [0.4, 0.5) is 0 Å². The number of aryl methyl sites for hydroxylation is 2. The van der Waals surface area contributed by atoms with Crippen LogP contribution in [0.3, 0.4) is 0 Å². The number of rotatable bonds is 5. The van der Waals surface area contributed by atoms with Crippen molar-refractivity contribution in [2.45, 2.75) is 52.7 Å². The van der Waals surface area contributed by atoms with E-state index in [-0.39, 0.29) is 0 Å². The molecule has 2 nitrogen and oxygen atoms in total. The zero-order chi connectivity index (χ0) is 14.7. The van der Waals surface area contributed by atoms with Crippen molar-refractivity contribution in [3.8, 4) is 0 Å². The molecule has 0 bridgehead atoms. The van der Waals surface area contributed by atoms with Crippen LogP contribution in [0.5, 0.6) is 0 Å². The molecular weight excluding hydrogens is 270 g/mol. The highest BCUT2D eigenvalue weighted by atomic mass is 35.5. The Balaban J connectivity index is 2.28. The molecule has 2 rings (SSSR count). The van der Waals surface area contributed by atoms with Crippen molar-refractivity contribution in [3.63, 3.8) is 0 Å². The van der Waals surface area contributed by atoms with E-state index in [1.807, 2.05) is 0 Å². The summed E-state index contributed by atoms with van der Waals surface area (Å²) in [6.07, 6.45) is 2.65. The molecule has 0 saturated carbocycles. The van der Waals surface area contributed by atoms with Gasteiger partial charge in [-0.1, -0.05) is 24.6 Å². The van der Waals surface area contributed by atoms with Crippen LogP contribution in [0.15, 0.2) is 12.1 Å². The predicted molar refractivity (Wildman–Crippen MR) is 85.5 cm³/mol. The summed E-state index contributed by atoms with van der Waals surface area (Å²) in [6.45, 7) is 10.5. The smallest absolute Gasteiger partial charge is 0.0551 e. The molecule has 112 valence electrons. The lowest BCUT2D eigenvalue weighted by molar-refractivity contribution is 0.117. The van der Waals surface area contributed by atoms with Gasteiger partial charge in [0, 0.05) is 17.0 Å². The molecule has 1 saturated heterocycles. The average molecular weight is 296 g/mol. The SMILES string of the molecule is CCCNC(c1cc(C)c(Cl)cc1C)C1COC(C)C1. The second-order valence-electron chi connectivity index (χ2n) is 6.03. The summed E-state index contributed by atoms with van der Waals surface area (Å²) < 4.78 is 5.78. The summed E-state index contributed by atoms with van der Waals surface area (Å²) in [6, 6.07) is 4.70. The minimum atomic E-state index is 0.371. The van der Waals surface area contributed by atoms with E-state index in [1.54, 1.807) is 0 Å². The summed E-state index contributed by atoms with van der Waals surface area (Å²) in [5, 5.41) is 4.57. The van der Waals surface area contributed by atoms with Gasteiger partial charge in [0.25, 0.3) is 0 Å². The van der Waals surface area contributed by atoms with Crippen molar-refractivity contribution in [1.82, 2.24) is 5.32 Å². The predicted octanol–water partition coefficient (Wildman–Crippen LogP) is 4.42. The Morgan fingerprint density at radius 1 is 1.35 bits per heavy atom. The summed E-state index contributed by atoms with van der Waals surface area (Å²) in [5.74, 6) is 0.552. The number of ether oxygens (including phenoxy) is 1. The first-order chi connectivity index (χ1) is 9.52. The van der Waals surface area contributed by atoms with Gasteiger partial charge in [-0.25, -0.2) is 0 Å². The van der Waals surface area contributed by atoms with Gasteiger partial charge in [0.1, 0.15) is 0 Å². The summed E-state index contributed by atoms with van der Waals surface area (Å²) in [5.41, 5.74) is 3.80.